The van der Waals surface area contributed by atoms with Crippen molar-refractivity contribution in [1.82, 2.24) is 0 Å². The summed E-state index contributed by atoms with van der Waals surface area (Å²) in [5, 5.41) is 2.54. The highest BCUT2D eigenvalue weighted by Gasteiger charge is 2.08. The first-order valence-electron chi connectivity index (χ1n) is 5.93. The molecule has 0 aliphatic heterocycles. The van der Waals surface area contributed by atoms with Gasteiger partial charge in [-0.2, -0.15) is 0 Å². The van der Waals surface area contributed by atoms with E-state index in [9.17, 15) is 9.18 Å². The summed E-state index contributed by atoms with van der Waals surface area (Å²) >= 11 is 4.75. The standard InChI is InChI=1S/C13H17FN2OS/c1-2-3-4-5-12(17)16-11-7-6-9(13(15)18)8-10(11)14/h6-8H,2-5H2,1H3,(H2,15,18)(H,16,17). The number of anilines is 1. The quantitative estimate of drug-likeness (QED) is 0.616. The maximum Gasteiger partial charge on any atom is 0.224 e. The fraction of sp³-hybridized carbons (Fsp3) is 0.385. The van der Waals surface area contributed by atoms with Gasteiger partial charge in [-0.1, -0.05) is 32.0 Å². The number of thiocarbonyl (C=S) groups is 1. The Labute approximate surface area is 112 Å². The molecule has 5 heteroatoms. The largest absolute Gasteiger partial charge is 0.389 e. The first-order valence-corrected chi connectivity index (χ1v) is 6.34. The molecule has 98 valence electrons. The van der Waals surface area contributed by atoms with E-state index in [1.807, 2.05) is 0 Å². The predicted molar refractivity (Wildman–Crippen MR) is 75.1 cm³/mol. The van der Waals surface area contributed by atoms with E-state index in [0.717, 1.165) is 19.3 Å². The van der Waals surface area contributed by atoms with Crippen molar-refractivity contribution in [3.8, 4) is 0 Å². The summed E-state index contributed by atoms with van der Waals surface area (Å²) < 4.78 is 13.6. The summed E-state index contributed by atoms with van der Waals surface area (Å²) in [6, 6.07) is 4.29. The molecular formula is C13H17FN2OS. The monoisotopic (exact) mass is 268 g/mol. The van der Waals surface area contributed by atoms with E-state index in [0.29, 0.717) is 12.0 Å². The number of hydrogen-bond donors (Lipinski definition) is 2. The summed E-state index contributed by atoms with van der Waals surface area (Å²) in [4.78, 5) is 11.7. The van der Waals surface area contributed by atoms with E-state index in [4.69, 9.17) is 18.0 Å². The number of halogens is 1. The molecule has 18 heavy (non-hydrogen) atoms. The van der Waals surface area contributed by atoms with Crippen LogP contribution < -0.4 is 11.1 Å². The zero-order valence-electron chi connectivity index (χ0n) is 10.3. The Hall–Kier alpha value is -1.49. The van der Waals surface area contributed by atoms with Gasteiger partial charge in [-0.3, -0.25) is 4.79 Å². The summed E-state index contributed by atoms with van der Waals surface area (Å²) in [7, 11) is 0. The van der Waals surface area contributed by atoms with Crippen LogP contribution in [0.3, 0.4) is 0 Å². The molecule has 0 aliphatic carbocycles. The van der Waals surface area contributed by atoms with Crippen molar-refractivity contribution >= 4 is 28.8 Å². The minimum absolute atomic E-state index is 0.134. The average Bonchev–Trinajstić information content (AvgIpc) is 2.32. The summed E-state index contributed by atoms with van der Waals surface area (Å²) in [6.07, 6.45) is 3.26. The lowest BCUT2D eigenvalue weighted by molar-refractivity contribution is -0.116. The normalized spacial score (nSPS) is 10.1. The summed E-state index contributed by atoms with van der Waals surface area (Å²) in [6.45, 7) is 2.06. The molecule has 0 bridgehead atoms. The molecular weight excluding hydrogens is 251 g/mol. The van der Waals surface area contributed by atoms with Crippen LogP contribution in [0.5, 0.6) is 0 Å². The van der Waals surface area contributed by atoms with Gasteiger partial charge in [0, 0.05) is 12.0 Å². The molecule has 0 unspecified atom stereocenters. The Kier molecular flexibility index (Phi) is 5.71. The molecule has 3 N–H and O–H groups in total. The second-order valence-electron chi connectivity index (χ2n) is 4.06. The first kappa shape index (κ1) is 14.6. The molecule has 0 heterocycles. The van der Waals surface area contributed by atoms with Crippen molar-refractivity contribution in [2.75, 3.05) is 5.32 Å². The van der Waals surface area contributed by atoms with Crippen LogP contribution in [-0.2, 0) is 4.79 Å². The number of nitrogens with one attached hydrogen (secondary N) is 1. The van der Waals surface area contributed by atoms with E-state index in [1.54, 1.807) is 6.07 Å². The lowest BCUT2D eigenvalue weighted by Crippen LogP contribution is -2.14. The smallest absolute Gasteiger partial charge is 0.224 e. The van der Waals surface area contributed by atoms with Crippen molar-refractivity contribution in [3.63, 3.8) is 0 Å². The minimum Gasteiger partial charge on any atom is -0.389 e. The third kappa shape index (κ3) is 4.41. The second-order valence-corrected chi connectivity index (χ2v) is 4.50. The van der Waals surface area contributed by atoms with Gasteiger partial charge in [-0.05, 0) is 24.6 Å². The highest BCUT2D eigenvalue weighted by Crippen LogP contribution is 2.16. The van der Waals surface area contributed by atoms with Gasteiger partial charge in [-0.15, -0.1) is 0 Å². The maximum atomic E-state index is 13.6. The van der Waals surface area contributed by atoms with Gasteiger partial charge in [0.15, 0.2) is 0 Å². The fourth-order valence-electron chi connectivity index (χ4n) is 1.52. The highest BCUT2D eigenvalue weighted by molar-refractivity contribution is 7.80. The van der Waals surface area contributed by atoms with E-state index in [1.165, 1.54) is 12.1 Å². The zero-order chi connectivity index (χ0) is 13.5. The molecule has 1 aromatic rings. The molecule has 0 saturated heterocycles. The Bertz CT molecular complexity index is 449. The number of unbranched alkanes of at least 4 members (excludes halogenated alkanes) is 2. The van der Waals surface area contributed by atoms with Gasteiger partial charge in [-0.25, -0.2) is 4.39 Å². The zero-order valence-corrected chi connectivity index (χ0v) is 11.1. The third-order valence-electron chi connectivity index (χ3n) is 2.54. The first-order chi connectivity index (χ1) is 8.54. The number of carbonyl (C=O) groups excluding carboxylic acids is 1. The van der Waals surface area contributed by atoms with Crippen LogP contribution in [0.1, 0.15) is 38.2 Å². The van der Waals surface area contributed by atoms with Crippen molar-refractivity contribution in [2.45, 2.75) is 32.6 Å². The van der Waals surface area contributed by atoms with Gasteiger partial charge >= 0.3 is 0 Å². The average molecular weight is 268 g/mol. The number of nitrogens with two attached hydrogens (primary N) is 1. The van der Waals surface area contributed by atoms with Gasteiger partial charge in [0.2, 0.25) is 5.91 Å². The topological polar surface area (TPSA) is 55.1 Å². The molecule has 0 aliphatic rings. The lowest BCUT2D eigenvalue weighted by Gasteiger charge is -2.07. The van der Waals surface area contributed by atoms with Gasteiger partial charge in [0.25, 0.3) is 0 Å². The maximum absolute atomic E-state index is 13.6. The molecule has 0 aromatic heterocycles. The molecule has 1 rings (SSSR count). The van der Waals surface area contributed by atoms with Crippen LogP contribution >= 0.6 is 12.2 Å². The number of benzene rings is 1. The van der Waals surface area contributed by atoms with Crippen LogP contribution in [0.2, 0.25) is 0 Å². The van der Waals surface area contributed by atoms with Gasteiger partial charge in [0.1, 0.15) is 10.8 Å². The van der Waals surface area contributed by atoms with Gasteiger partial charge in [0.05, 0.1) is 5.69 Å². The SMILES string of the molecule is CCCCCC(=O)Nc1ccc(C(N)=S)cc1F. The molecule has 3 nitrogen and oxygen atoms in total. The van der Waals surface area contributed by atoms with Crippen LogP contribution in [0.15, 0.2) is 18.2 Å². The van der Waals surface area contributed by atoms with E-state index in [-0.39, 0.29) is 16.6 Å². The van der Waals surface area contributed by atoms with Crippen LogP contribution in [0.4, 0.5) is 10.1 Å². The fourth-order valence-corrected chi connectivity index (χ4v) is 1.64. The summed E-state index contributed by atoms with van der Waals surface area (Å²) in [5.41, 5.74) is 6.01. The van der Waals surface area contributed by atoms with Crippen molar-refractivity contribution in [2.24, 2.45) is 5.73 Å². The molecule has 0 saturated carbocycles. The molecule has 1 aromatic carbocycles. The Morgan fingerprint density at radius 1 is 1.44 bits per heavy atom. The van der Waals surface area contributed by atoms with E-state index in [2.05, 4.69) is 12.2 Å². The van der Waals surface area contributed by atoms with Crippen LogP contribution in [0.25, 0.3) is 0 Å². The predicted octanol–water partition coefficient (Wildman–Crippen LogP) is 2.98. The Morgan fingerprint density at radius 2 is 2.17 bits per heavy atom. The second kappa shape index (κ2) is 7.06. The molecule has 0 fully saturated rings. The summed E-state index contributed by atoms with van der Waals surface area (Å²) in [5.74, 6) is -0.699. The number of rotatable bonds is 6. The van der Waals surface area contributed by atoms with Crippen molar-refractivity contribution < 1.29 is 9.18 Å². The highest BCUT2D eigenvalue weighted by atomic mass is 32.1. The van der Waals surface area contributed by atoms with E-state index < -0.39 is 5.82 Å². The number of amides is 1. The molecule has 0 spiro atoms. The van der Waals surface area contributed by atoms with Crippen LogP contribution in [0, 0.1) is 5.82 Å². The van der Waals surface area contributed by atoms with Gasteiger partial charge < -0.3 is 11.1 Å². The van der Waals surface area contributed by atoms with Crippen LogP contribution in [-0.4, -0.2) is 10.9 Å². The Morgan fingerprint density at radius 3 is 2.72 bits per heavy atom. The van der Waals surface area contributed by atoms with Crippen molar-refractivity contribution in [1.29, 1.82) is 0 Å². The van der Waals surface area contributed by atoms with E-state index >= 15 is 0 Å². The number of carbonyl (C=O) groups is 1. The third-order valence-corrected chi connectivity index (χ3v) is 2.77. The molecule has 1 amide bonds. The van der Waals surface area contributed by atoms with Crippen molar-refractivity contribution in [3.05, 3.63) is 29.6 Å². The number of hydrogen-bond acceptors (Lipinski definition) is 2. The minimum atomic E-state index is -0.524. The molecule has 0 atom stereocenters. The molecule has 0 radical (unpaired) electrons. The lowest BCUT2D eigenvalue weighted by atomic mass is 10.1. The Balaban J connectivity index is 2.62.